The second-order valence-corrected chi connectivity index (χ2v) is 17.1. The normalized spacial score (nSPS) is 12.5. The molecule has 4 unspecified atom stereocenters. The first-order valence-corrected chi connectivity index (χ1v) is 24.0. The van der Waals surface area contributed by atoms with Crippen molar-refractivity contribution in [3.63, 3.8) is 0 Å². The van der Waals surface area contributed by atoms with E-state index in [1.54, 1.807) is 0 Å². The van der Waals surface area contributed by atoms with Gasteiger partial charge in [-0.2, -0.15) is 4.89 Å². The number of benzene rings is 5. The molecule has 0 aliphatic rings. The first-order valence-electron chi connectivity index (χ1n) is 21.2. The van der Waals surface area contributed by atoms with E-state index in [-0.39, 0.29) is 70.5 Å². The molecular weight excluding hydrogens is 854 g/mol. The van der Waals surface area contributed by atoms with Gasteiger partial charge in [0.25, 0.3) is 0 Å². The molecule has 5 atom stereocenters. The topological polar surface area (TPSA) is 169 Å². The first kappa shape index (κ1) is 50.7. The molecule has 0 bridgehead atoms. The molecule has 5 rings (SSSR count). The van der Waals surface area contributed by atoms with Crippen molar-refractivity contribution in [2.45, 2.75) is 78.0 Å². The van der Waals surface area contributed by atoms with Gasteiger partial charge in [0, 0.05) is 12.8 Å². The molecule has 14 heteroatoms. The fourth-order valence-corrected chi connectivity index (χ4v) is 8.23. The maximum absolute atomic E-state index is 13.0. The number of rotatable bonds is 25. The van der Waals surface area contributed by atoms with Gasteiger partial charge in [0.2, 0.25) is 0 Å². The third-order valence-electron chi connectivity index (χ3n) is 9.71. The van der Waals surface area contributed by atoms with Crippen LogP contribution in [0.15, 0.2) is 152 Å². The molecule has 0 saturated carbocycles. The van der Waals surface area contributed by atoms with Gasteiger partial charge < -0.3 is 18.9 Å². The maximum Gasteiger partial charge on any atom is 0.509 e. The molecule has 0 fully saturated rings. The summed E-state index contributed by atoms with van der Waals surface area (Å²) in [6, 6.07) is 46.8. The highest BCUT2D eigenvalue weighted by atomic mass is 31.1. The quantitative estimate of drug-likeness (QED) is 0.0335. The SMILES string of the molecule is CCC[C@@H](O[P+](=O)CC(CCC(=O)OCc1ccccc1)C(=O)OCc1ccccc1)c1ccccc1.O=C(CCC(C[P+](=O)O)C(=O)OCc1ccccc1)OCc1ccccc1. The van der Waals surface area contributed by atoms with Crippen molar-refractivity contribution in [3.8, 4) is 0 Å². The van der Waals surface area contributed by atoms with Gasteiger partial charge in [-0.3, -0.25) is 19.2 Å². The standard InChI is InChI=1S/C30H34O6P.C20H21O6P/c1-2-12-28(26-17-10-5-11-18-26)36-37(33)23-27(30(32)35-22-25-15-8-4-9-16-25)19-20-29(31)34-21-24-13-6-3-7-14-24;21-19(25-13-16-7-3-1-4-8-16)12-11-18(15-27(23)24)20(22)26-14-17-9-5-2-6-10-17/h3-11,13-18,27-28H,2,12,19-23H2,1H3;1-10,18H,11-15H2/q+1;/p+1/t27?,28-;/m1./s1. The molecule has 336 valence electrons. The highest BCUT2D eigenvalue weighted by molar-refractivity contribution is 7.39. The summed E-state index contributed by atoms with van der Waals surface area (Å²) >= 11 is 0. The van der Waals surface area contributed by atoms with Crippen LogP contribution in [0.4, 0.5) is 0 Å². The Morgan fingerprint density at radius 2 is 0.828 bits per heavy atom. The van der Waals surface area contributed by atoms with E-state index in [1.165, 1.54) is 0 Å². The van der Waals surface area contributed by atoms with Gasteiger partial charge in [-0.1, -0.05) is 165 Å². The predicted molar refractivity (Wildman–Crippen MR) is 243 cm³/mol. The third kappa shape index (κ3) is 20.5. The van der Waals surface area contributed by atoms with Crippen molar-refractivity contribution >= 4 is 39.9 Å². The third-order valence-corrected chi connectivity index (χ3v) is 11.7. The lowest BCUT2D eigenvalue weighted by Gasteiger charge is -2.14. The number of esters is 4. The largest absolute Gasteiger partial charge is 0.509 e. The molecule has 0 aliphatic carbocycles. The van der Waals surface area contributed by atoms with Crippen LogP contribution in [-0.2, 0) is 78.2 Å². The molecule has 1 N–H and O–H groups in total. The van der Waals surface area contributed by atoms with Crippen LogP contribution in [0.25, 0.3) is 0 Å². The summed E-state index contributed by atoms with van der Waals surface area (Å²) in [6.07, 6.45) is 1.22. The number of hydrogen-bond acceptors (Lipinski definition) is 11. The highest BCUT2D eigenvalue weighted by Crippen LogP contribution is 2.37. The van der Waals surface area contributed by atoms with Crippen LogP contribution in [0.2, 0.25) is 0 Å². The molecule has 5 aromatic carbocycles. The molecule has 0 saturated heterocycles. The van der Waals surface area contributed by atoms with E-state index in [0.29, 0.717) is 6.42 Å². The van der Waals surface area contributed by atoms with Crippen molar-refractivity contribution in [1.29, 1.82) is 0 Å². The van der Waals surface area contributed by atoms with E-state index >= 15 is 0 Å². The molecule has 0 aromatic heterocycles. The number of ether oxygens (including phenoxy) is 4. The van der Waals surface area contributed by atoms with Crippen LogP contribution < -0.4 is 0 Å². The Balaban J connectivity index is 0.000000295. The van der Waals surface area contributed by atoms with E-state index < -0.39 is 51.8 Å². The van der Waals surface area contributed by atoms with Crippen LogP contribution in [0, 0.1) is 11.8 Å². The second-order valence-electron chi connectivity index (χ2n) is 14.8. The van der Waals surface area contributed by atoms with Crippen LogP contribution in [0.5, 0.6) is 0 Å². The Morgan fingerprint density at radius 1 is 0.484 bits per heavy atom. The van der Waals surface area contributed by atoms with Gasteiger partial charge in [0.05, 0.1) is 0 Å². The molecule has 64 heavy (non-hydrogen) atoms. The van der Waals surface area contributed by atoms with Gasteiger partial charge in [-0.15, -0.1) is 4.52 Å². The van der Waals surface area contributed by atoms with Crippen LogP contribution in [0.3, 0.4) is 0 Å². The summed E-state index contributed by atoms with van der Waals surface area (Å²) in [5.41, 5.74) is 4.36. The van der Waals surface area contributed by atoms with Crippen molar-refractivity contribution in [2.75, 3.05) is 12.3 Å². The Hall–Kier alpha value is -5.90. The zero-order valence-corrected chi connectivity index (χ0v) is 37.8. The summed E-state index contributed by atoms with van der Waals surface area (Å²) in [6.45, 7) is 2.54. The summed E-state index contributed by atoms with van der Waals surface area (Å²) in [5, 5.41) is 0. The smallest absolute Gasteiger partial charge is 0.461 e. The van der Waals surface area contributed by atoms with Crippen LogP contribution >= 0.6 is 16.1 Å². The summed E-state index contributed by atoms with van der Waals surface area (Å²) in [7, 11) is -4.68. The van der Waals surface area contributed by atoms with Crippen LogP contribution in [-0.4, -0.2) is 41.1 Å². The Labute approximate surface area is 377 Å². The van der Waals surface area contributed by atoms with Crippen LogP contribution in [0.1, 0.15) is 79.4 Å². The molecule has 0 heterocycles. The monoisotopic (exact) mass is 910 g/mol. The van der Waals surface area contributed by atoms with Gasteiger partial charge in [-0.25, -0.2) is 0 Å². The first-order chi connectivity index (χ1) is 31.1. The molecule has 0 amide bonds. The Morgan fingerprint density at radius 3 is 1.19 bits per heavy atom. The highest BCUT2D eigenvalue weighted by Gasteiger charge is 2.35. The average molecular weight is 911 g/mol. The summed E-state index contributed by atoms with van der Waals surface area (Å²) in [4.78, 5) is 58.6. The van der Waals surface area contributed by atoms with Crippen molar-refractivity contribution in [1.82, 2.24) is 0 Å². The summed E-state index contributed by atoms with van der Waals surface area (Å²) < 4.78 is 51.4. The predicted octanol–water partition coefficient (Wildman–Crippen LogP) is 10.8. The summed E-state index contributed by atoms with van der Waals surface area (Å²) in [5.74, 6) is -3.56. The molecule has 12 nitrogen and oxygen atoms in total. The average Bonchev–Trinajstić information content (AvgIpc) is 3.32. The fraction of sp³-hybridized carbons (Fsp3) is 0.320. The van der Waals surface area contributed by atoms with Crippen molar-refractivity contribution < 1.29 is 56.7 Å². The van der Waals surface area contributed by atoms with Gasteiger partial charge in [-0.05, 0) is 56.2 Å². The molecule has 0 aliphatic heterocycles. The zero-order valence-electron chi connectivity index (χ0n) is 36.0. The van der Waals surface area contributed by atoms with Gasteiger partial charge in [0.15, 0.2) is 12.3 Å². The van der Waals surface area contributed by atoms with E-state index in [2.05, 4.69) is 0 Å². The minimum atomic E-state index is -2.52. The number of hydrogen-bond donors (Lipinski definition) is 1. The van der Waals surface area contributed by atoms with Gasteiger partial charge in [0.1, 0.15) is 44.4 Å². The Kier molecular flexibility index (Phi) is 23.4. The van der Waals surface area contributed by atoms with Crippen molar-refractivity contribution in [3.05, 3.63) is 179 Å². The second kappa shape index (κ2) is 29.5. The van der Waals surface area contributed by atoms with E-state index in [0.717, 1.165) is 34.2 Å². The lowest BCUT2D eigenvalue weighted by molar-refractivity contribution is -0.152. The molecular formula is C50H56O12P2+2. The van der Waals surface area contributed by atoms with E-state index in [4.69, 9.17) is 28.4 Å². The Bertz CT molecular complexity index is 2160. The van der Waals surface area contributed by atoms with Crippen molar-refractivity contribution in [2.24, 2.45) is 11.8 Å². The molecule has 0 spiro atoms. The van der Waals surface area contributed by atoms with E-state index in [9.17, 15) is 28.3 Å². The fourth-order valence-electron chi connectivity index (χ4n) is 6.23. The van der Waals surface area contributed by atoms with E-state index in [1.807, 2.05) is 159 Å². The lowest BCUT2D eigenvalue weighted by Crippen LogP contribution is -2.22. The number of carbonyl (C=O) groups is 4. The lowest BCUT2D eigenvalue weighted by atomic mass is 10.1. The molecule has 5 aromatic rings. The number of carbonyl (C=O) groups excluding carboxylic acids is 4. The zero-order chi connectivity index (χ0) is 45.8. The molecule has 0 radical (unpaired) electrons. The van der Waals surface area contributed by atoms with Gasteiger partial charge >= 0.3 is 39.9 Å². The minimum Gasteiger partial charge on any atom is -0.461 e. The maximum atomic E-state index is 13.0. The minimum absolute atomic E-state index is 0.0121.